The van der Waals surface area contributed by atoms with Gasteiger partial charge < -0.3 is 34.0 Å². The number of aromatic amines is 1. The standard InChI is InChI=1S/C34H42N4O4.ClH/c1-40-32-12-4-8-26-24(22-42-33(26)32)21-41-31-11-5-9-28-27(31)19-29(36-28)34(39)35-25-13-17-37(18-14-25)20-23-7-6-16-38-15-3-2-10-30(23)38;/h4-5,8-9,11-12,19,22-23,25,30,36H,2-3,6-7,10,13-18,20-21H2,1H3,(H,35,39);1H/t23-,30?;/m0./s1. The lowest BCUT2D eigenvalue weighted by Gasteiger charge is -2.46. The van der Waals surface area contributed by atoms with Crippen LogP contribution >= 0.6 is 12.4 Å². The molecule has 230 valence electrons. The van der Waals surface area contributed by atoms with Crippen molar-refractivity contribution in [2.45, 2.75) is 63.6 Å². The number of ether oxygens (including phenoxy) is 2. The van der Waals surface area contributed by atoms with Crippen LogP contribution in [0.2, 0.25) is 0 Å². The van der Waals surface area contributed by atoms with Crippen molar-refractivity contribution in [3.63, 3.8) is 0 Å². The molecule has 3 fully saturated rings. The summed E-state index contributed by atoms with van der Waals surface area (Å²) < 4.78 is 17.4. The Morgan fingerprint density at radius 2 is 1.79 bits per heavy atom. The molecule has 0 aliphatic carbocycles. The number of methoxy groups -OCH3 is 1. The number of furan rings is 1. The number of para-hydroxylation sites is 1. The quantitative estimate of drug-likeness (QED) is 0.242. The zero-order valence-corrected chi connectivity index (χ0v) is 25.8. The van der Waals surface area contributed by atoms with E-state index in [0.717, 1.165) is 65.5 Å². The van der Waals surface area contributed by atoms with E-state index < -0.39 is 0 Å². The van der Waals surface area contributed by atoms with Crippen LogP contribution in [0.15, 0.2) is 53.1 Å². The Bertz CT molecular complexity index is 1540. The monoisotopic (exact) mass is 606 g/mol. The second-order valence-electron chi connectivity index (χ2n) is 12.3. The van der Waals surface area contributed by atoms with Gasteiger partial charge in [0.15, 0.2) is 11.3 Å². The predicted molar refractivity (Wildman–Crippen MR) is 172 cm³/mol. The highest BCUT2D eigenvalue weighted by Crippen LogP contribution is 2.33. The molecule has 2 aromatic heterocycles. The number of nitrogens with zero attached hydrogens (tertiary/aromatic N) is 2. The summed E-state index contributed by atoms with van der Waals surface area (Å²) in [4.78, 5) is 22.0. The number of benzene rings is 2. The average Bonchev–Trinajstić information content (AvgIpc) is 3.66. The Kier molecular flexibility index (Phi) is 9.17. The molecule has 0 bridgehead atoms. The van der Waals surface area contributed by atoms with Crippen LogP contribution in [0.3, 0.4) is 0 Å². The Labute approximate surface area is 259 Å². The SMILES string of the molecule is COc1cccc2c(COc3cccc4[nH]c(C(=O)NC5CCN(C[C@@H]6CCCN7CCCCC67)CC5)cc34)coc12.Cl. The van der Waals surface area contributed by atoms with Crippen molar-refractivity contribution in [2.24, 2.45) is 5.92 Å². The van der Waals surface area contributed by atoms with Gasteiger partial charge in [-0.1, -0.05) is 24.6 Å². The smallest absolute Gasteiger partial charge is 0.267 e. The fourth-order valence-electron chi connectivity index (χ4n) is 7.53. The molecule has 0 radical (unpaired) electrons. The highest BCUT2D eigenvalue weighted by atomic mass is 35.5. The molecule has 1 amide bonds. The van der Waals surface area contributed by atoms with Gasteiger partial charge in [-0.05, 0) is 81.8 Å². The van der Waals surface area contributed by atoms with Crippen molar-refractivity contribution < 1.29 is 18.7 Å². The van der Waals surface area contributed by atoms with Crippen LogP contribution in [-0.2, 0) is 6.61 Å². The Hall–Kier alpha value is -3.20. The summed E-state index contributed by atoms with van der Waals surface area (Å²) in [6.07, 6.45) is 10.6. The van der Waals surface area contributed by atoms with Gasteiger partial charge in [-0.2, -0.15) is 0 Å². The molecule has 1 unspecified atom stereocenters. The number of aromatic nitrogens is 1. The number of piperidine rings is 3. The van der Waals surface area contributed by atoms with Gasteiger partial charge in [-0.3, -0.25) is 4.79 Å². The summed E-state index contributed by atoms with van der Waals surface area (Å²) in [5.74, 6) is 2.19. The average molecular weight is 607 g/mol. The number of hydrogen-bond donors (Lipinski definition) is 2. The van der Waals surface area contributed by atoms with E-state index in [0.29, 0.717) is 23.6 Å². The molecule has 2 aromatic carbocycles. The van der Waals surface area contributed by atoms with Gasteiger partial charge in [0.05, 0.1) is 13.4 Å². The minimum absolute atomic E-state index is 0. The Balaban J connectivity index is 0.00000329. The van der Waals surface area contributed by atoms with E-state index in [9.17, 15) is 4.79 Å². The predicted octanol–water partition coefficient (Wildman–Crippen LogP) is 6.38. The van der Waals surface area contributed by atoms with Crippen LogP contribution < -0.4 is 14.8 Å². The van der Waals surface area contributed by atoms with Gasteiger partial charge in [0.25, 0.3) is 5.91 Å². The number of carbonyl (C=O) groups excluding carboxylic acids is 1. The maximum Gasteiger partial charge on any atom is 0.267 e. The van der Waals surface area contributed by atoms with Crippen molar-refractivity contribution >= 4 is 40.2 Å². The molecule has 2 N–H and O–H groups in total. The second-order valence-corrected chi connectivity index (χ2v) is 12.3. The number of fused-ring (bicyclic) bond motifs is 3. The molecule has 43 heavy (non-hydrogen) atoms. The van der Waals surface area contributed by atoms with E-state index in [2.05, 4.69) is 20.1 Å². The molecule has 3 aliphatic heterocycles. The molecule has 2 atom stereocenters. The Morgan fingerprint density at radius 3 is 2.65 bits per heavy atom. The molecule has 8 nitrogen and oxygen atoms in total. The van der Waals surface area contributed by atoms with E-state index in [1.165, 1.54) is 51.7 Å². The van der Waals surface area contributed by atoms with Gasteiger partial charge >= 0.3 is 0 Å². The zero-order chi connectivity index (χ0) is 28.5. The summed E-state index contributed by atoms with van der Waals surface area (Å²) in [6, 6.07) is 14.6. The fraction of sp³-hybridized carbons (Fsp3) is 0.500. The number of H-pyrrole nitrogens is 1. The number of halogens is 1. The molecule has 0 spiro atoms. The largest absolute Gasteiger partial charge is 0.493 e. The van der Waals surface area contributed by atoms with Crippen LogP contribution in [0, 0.1) is 5.92 Å². The van der Waals surface area contributed by atoms with Gasteiger partial charge in [0.2, 0.25) is 0 Å². The van der Waals surface area contributed by atoms with Crippen molar-refractivity contribution in [2.75, 3.05) is 39.8 Å². The second kappa shape index (κ2) is 13.2. The first-order chi connectivity index (χ1) is 20.7. The minimum Gasteiger partial charge on any atom is -0.493 e. The first-order valence-corrected chi connectivity index (χ1v) is 15.7. The van der Waals surface area contributed by atoms with E-state index in [1.807, 2.05) is 42.5 Å². The van der Waals surface area contributed by atoms with E-state index in [4.69, 9.17) is 13.9 Å². The third-order valence-corrected chi connectivity index (χ3v) is 9.76. The fourth-order valence-corrected chi connectivity index (χ4v) is 7.53. The normalized spacial score (nSPS) is 21.8. The van der Waals surface area contributed by atoms with E-state index >= 15 is 0 Å². The molecule has 5 heterocycles. The highest BCUT2D eigenvalue weighted by Gasteiger charge is 2.34. The molecule has 9 heteroatoms. The maximum atomic E-state index is 13.3. The third-order valence-electron chi connectivity index (χ3n) is 9.76. The lowest BCUT2D eigenvalue weighted by Crippen LogP contribution is -2.52. The number of likely N-dealkylation sites (tertiary alicyclic amines) is 1. The summed E-state index contributed by atoms with van der Waals surface area (Å²) in [5, 5.41) is 5.16. The van der Waals surface area contributed by atoms with Crippen molar-refractivity contribution in [1.29, 1.82) is 0 Å². The van der Waals surface area contributed by atoms with E-state index in [-0.39, 0.29) is 24.4 Å². The van der Waals surface area contributed by atoms with Gasteiger partial charge in [0, 0.05) is 53.6 Å². The number of nitrogens with one attached hydrogen (secondary N) is 2. The summed E-state index contributed by atoms with van der Waals surface area (Å²) in [5.41, 5.74) is 3.12. The molecular formula is C34H43ClN4O4. The molecule has 3 saturated heterocycles. The van der Waals surface area contributed by atoms with Crippen molar-refractivity contribution in [1.82, 2.24) is 20.1 Å². The van der Waals surface area contributed by atoms with Gasteiger partial charge in [-0.25, -0.2) is 0 Å². The molecule has 3 aliphatic rings. The van der Waals surface area contributed by atoms with Crippen LogP contribution in [0.1, 0.15) is 61.0 Å². The minimum atomic E-state index is -0.0475. The maximum absolute atomic E-state index is 13.3. The first-order valence-electron chi connectivity index (χ1n) is 15.7. The summed E-state index contributed by atoms with van der Waals surface area (Å²) >= 11 is 0. The van der Waals surface area contributed by atoms with Crippen molar-refractivity contribution in [3.8, 4) is 11.5 Å². The number of rotatable bonds is 8. The molecule has 0 saturated carbocycles. The number of carbonyl (C=O) groups is 1. The van der Waals surface area contributed by atoms with Gasteiger partial charge in [0.1, 0.15) is 18.1 Å². The Morgan fingerprint density at radius 1 is 0.977 bits per heavy atom. The number of hydrogen-bond acceptors (Lipinski definition) is 6. The number of amides is 1. The first kappa shape index (κ1) is 29.9. The van der Waals surface area contributed by atoms with Crippen LogP contribution in [-0.4, -0.2) is 72.6 Å². The van der Waals surface area contributed by atoms with Gasteiger partial charge in [-0.15, -0.1) is 12.4 Å². The van der Waals surface area contributed by atoms with Crippen LogP contribution in [0.5, 0.6) is 11.5 Å². The third kappa shape index (κ3) is 6.24. The molecular weight excluding hydrogens is 564 g/mol. The lowest BCUT2D eigenvalue weighted by atomic mass is 9.83. The molecule has 7 rings (SSSR count). The highest BCUT2D eigenvalue weighted by molar-refractivity contribution is 5.99. The molecule has 4 aromatic rings. The lowest BCUT2D eigenvalue weighted by molar-refractivity contribution is 0.0351. The zero-order valence-electron chi connectivity index (χ0n) is 25.0. The van der Waals surface area contributed by atoms with Crippen LogP contribution in [0.25, 0.3) is 21.9 Å². The van der Waals surface area contributed by atoms with E-state index in [1.54, 1.807) is 13.4 Å². The summed E-state index contributed by atoms with van der Waals surface area (Å²) in [7, 11) is 1.64. The summed E-state index contributed by atoms with van der Waals surface area (Å²) in [6.45, 7) is 6.29. The topological polar surface area (TPSA) is 83.0 Å². The van der Waals surface area contributed by atoms with Crippen LogP contribution in [0.4, 0.5) is 0 Å². The van der Waals surface area contributed by atoms with Crippen molar-refractivity contribution in [3.05, 3.63) is 60.0 Å².